The molecule has 1 saturated carbocycles. The predicted molar refractivity (Wildman–Crippen MR) is 60.2 cm³/mol. The van der Waals surface area contributed by atoms with Crippen molar-refractivity contribution in [1.29, 1.82) is 0 Å². The maximum atomic E-state index is 6.22. The van der Waals surface area contributed by atoms with Gasteiger partial charge in [-0.15, -0.1) is 0 Å². The molecule has 0 bridgehead atoms. The first kappa shape index (κ1) is 10.4. The van der Waals surface area contributed by atoms with Crippen molar-refractivity contribution in [3.05, 3.63) is 0 Å². The Morgan fingerprint density at radius 3 is 2.50 bits per heavy atom. The number of hydrogen-bond acceptors (Lipinski definition) is 2. The lowest BCUT2D eigenvalue weighted by atomic mass is 9.97. The zero-order valence-electron chi connectivity index (χ0n) is 9.84. The van der Waals surface area contributed by atoms with Crippen LogP contribution in [0.25, 0.3) is 0 Å². The van der Waals surface area contributed by atoms with Gasteiger partial charge in [0.2, 0.25) is 0 Å². The molecule has 2 heteroatoms. The van der Waals surface area contributed by atoms with Crippen LogP contribution in [0.15, 0.2) is 0 Å². The third-order valence-electron chi connectivity index (χ3n) is 4.32. The van der Waals surface area contributed by atoms with Crippen molar-refractivity contribution in [3.8, 4) is 0 Å². The molecular weight excluding hydrogens is 172 g/mol. The molecule has 0 unspecified atom stereocenters. The van der Waals surface area contributed by atoms with Crippen LogP contribution >= 0.6 is 0 Å². The van der Waals surface area contributed by atoms with E-state index in [1.807, 2.05) is 0 Å². The van der Waals surface area contributed by atoms with Gasteiger partial charge in [-0.25, -0.2) is 0 Å². The van der Waals surface area contributed by atoms with Crippen LogP contribution in [0, 0.1) is 5.41 Å². The minimum absolute atomic E-state index is 0.360. The smallest absolute Gasteiger partial charge is 0.0237 e. The van der Waals surface area contributed by atoms with Gasteiger partial charge in [0, 0.05) is 24.7 Å². The average Bonchev–Trinajstić information content (AvgIpc) is 2.76. The van der Waals surface area contributed by atoms with E-state index in [9.17, 15) is 0 Å². The van der Waals surface area contributed by atoms with Gasteiger partial charge in [-0.3, -0.25) is 4.90 Å². The minimum Gasteiger partial charge on any atom is -0.326 e. The second-order valence-electron chi connectivity index (χ2n) is 5.91. The Hall–Kier alpha value is -0.0800. The van der Waals surface area contributed by atoms with Crippen LogP contribution in [0.3, 0.4) is 0 Å². The molecule has 0 amide bonds. The summed E-state index contributed by atoms with van der Waals surface area (Å²) >= 11 is 0. The van der Waals surface area contributed by atoms with Crippen molar-refractivity contribution in [1.82, 2.24) is 4.90 Å². The van der Waals surface area contributed by atoms with Gasteiger partial charge in [0.1, 0.15) is 0 Å². The first-order chi connectivity index (χ1) is 6.50. The summed E-state index contributed by atoms with van der Waals surface area (Å²) in [6.45, 7) is 9.37. The molecule has 2 nitrogen and oxygen atoms in total. The van der Waals surface area contributed by atoms with Crippen LogP contribution in [0.1, 0.15) is 46.5 Å². The molecule has 2 fully saturated rings. The number of likely N-dealkylation sites (tertiary alicyclic amines) is 1. The topological polar surface area (TPSA) is 29.3 Å². The second kappa shape index (κ2) is 3.21. The minimum atomic E-state index is 0.360. The molecule has 82 valence electrons. The van der Waals surface area contributed by atoms with Crippen molar-refractivity contribution in [2.24, 2.45) is 11.1 Å². The van der Waals surface area contributed by atoms with Gasteiger partial charge in [-0.05, 0) is 38.5 Å². The van der Waals surface area contributed by atoms with Crippen molar-refractivity contribution in [3.63, 3.8) is 0 Å². The Kier molecular flexibility index (Phi) is 2.39. The lowest BCUT2D eigenvalue weighted by Gasteiger charge is -2.35. The second-order valence-corrected chi connectivity index (χ2v) is 5.91. The zero-order valence-corrected chi connectivity index (χ0v) is 9.84. The predicted octanol–water partition coefficient (Wildman–Crippen LogP) is 1.99. The molecule has 2 rings (SSSR count). The van der Waals surface area contributed by atoms with E-state index in [0.29, 0.717) is 17.0 Å². The Bertz CT molecular complexity index is 218. The molecule has 0 aromatic heterocycles. The van der Waals surface area contributed by atoms with E-state index in [-0.39, 0.29) is 0 Å². The summed E-state index contributed by atoms with van der Waals surface area (Å²) in [7, 11) is 0. The summed E-state index contributed by atoms with van der Waals surface area (Å²) in [5.41, 5.74) is 7.11. The number of nitrogens with two attached hydrogens (primary N) is 1. The third-order valence-corrected chi connectivity index (χ3v) is 4.32. The molecule has 1 aliphatic heterocycles. The number of nitrogens with zero attached hydrogens (tertiary/aromatic N) is 1. The van der Waals surface area contributed by atoms with Gasteiger partial charge >= 0.3 is 0 Å². The molecule has 1 aliphatic carbocycles. The molecule has 1 atom stereocenters. The maximum absolute atomic E-state index is 6.22. The Balaban J connectivity index is 2.00. The van der Waals surface area contributed by atoms with E-state index in [1.54, 1.807) is 0 Å². The first-order valence-electron chi connectivity index (χ1n) is 6.01. The monoisotopic (exact) mass is 196 g/mol. The first-order valence-corrected chi connectivity index (χ1v) is 6.01. The summed E-state index contributed by atoms with van der Waals surface area (Å²) in [6.07, 6.45) is 5.29. The molecule has 0 radical (unpaired) electrons. The van der Waals surface area contributed by atoms with Crippen LogP contribution in [0.5, 0.6) is 0 Å². The van der Waals surface area contributed by atoms with Crippen LogP contribution in [-0.4, -0.2) is 29.6 Å². The standard InChI is InChI=1S/C12H24N2/c1-4-5-11(2,3)14-8-10(13)12(9-14)6-7-12/h10H,4-9,13H2,1-3H3/t10-/m0/s1. The average molecular weight is 196 g/mol. The zero-order chi connectivity index (χ0) is 10.4. The van der Waals surface area contributed by atoms with Crippen LogP contribution < -0.4 is 5.73 Å². The molecule has 0 aromatic carbocycles. The lowest BCUT2D eigenvalue weighted by molar-refractivity contribution is 0.135. The molecule has 0 aromatic rings. The van der Waals surface area contributed by atoms with E-state index in [4.69, 9.17) is 5.73 Å². The van der Waals surface area contributed by atoms with E-state index >= 15 is 0 Å². The molecule has 1 spiro atoms. The number of rotatable bonds is 3. The quantitative estimate of drug-likeness (QED) is 0.748. The fraction of sp³-hybridized carbons (Fsp3) is 1.00. The van der Waals surface area contributed by atoms with Gasteiger partial charge in [0.25, 0.3) is 0 Å². The lowest BCUT2D eigenvalue weighted by Crippen LogP contribution is -2.43. The highest BCUT2D eigenvalue weighted by Crippen LogP contribution is 2.53. The van der Waals surface area contributed by atoms with Crippen molar-refractivity contribution >= 4 is 0 Å². The van der Waals surface area contributed by atoms with Gasteiger partial charge in [-0.1, -0.05) is 13.3 Å². The molecule has 1 saturated heterocycles. The Morgan fingerprint density at radius 2 is 2.07 bits per heavy atom. The van der Waals surface area contributed by atoms with Crippen LogP contribution in [-0.2, 0) is 0 Å². The Labute approximate surface area is 87.8 Å². The number of hydrogen-bond donors (Lipinski definition) is 1. The highest BCUT2D eigenvalue weighted by molar-refractivity contribution is 5.10. The van der Waals surface area contributed by atoms with Gasteiger partial charge < -0.3 is 5.73 Å². The molecule has 2 aliphatic rings. The summed E-state index contributed by atoms with van der Waals surface area (Å²) in [6, 6.07) is 0.443. The van der Waals surface area contributed by atoms with Gasteiger partial charge in [0.15, 0.2) is 0 Å². The van der Waals surface area contributed by atoms with Crippen LogP contribution in [0.4, 0.5) is 0 Å². The fourth-order valence-corrected chi connectivity index (χ4v) is 2.91. The third kappa shape index (κ3) is 1.59. The SMILES string of the molecule is CCCC(C)(C)N1C[C@H](N)C2(CC2)C1. The molecular formula is C12H24N2. The van der Waals surface area contributed by atoms with E-state index in [0.717, 1.165) is 6.54 Å². The molecule has 2 N–H and O–H groups in total. The van der Waals surface area contributed by atoms with E-state index < -0.39 is 0 Å². The fourth-order valence-electron chi connectivity index (χ4n) is 2.91. The summed E-state index contributed by atoms with van der Waals surface area (Å²) < 4.78 is 0. The van der Waals surface area contributed by atoms with Crippen molar-refractivity contribution < 1.29 is 0 Å². The summed E-state index contributed by atoms with van der Waals surface area (Å²) in [5.74, 6) is 0. The van der Waals surface area contributed by atoms with E-state index in [1.165, 1.54) is 32.2 Å². The largest absolute Gasteiger partial charge is 0.326 e. The van der Waals surface area contributed by atoms with Crippen molar-refractivity contribution in [2.45, 2.75) is 58.0 Å². The summed E-state index contributed by atoms with van der Waals surface area (Å²) in [5, 5.41) is 0. The van der Waals surface area contributed by atoms with Gasteiger partial charge in [0.05, 0.1) is 0 Å². The normalized spacial score (nSPS) is 31.3. The van der Waals surface area contributed by atoms with E-state index in [2.05, 4.69) is 25.7 Å². The van der Waals surface area contributed by atoms with Crippen LogP contribution in [0.2, 0.25) is 0 Å². The molecule has 1 heterocycles. The Morgan fingerprint density at radius 1 is 1.43 bits per heavy atom. The summed E-state index contributed by atoms with van der Waals surface area (Å²) in [4.78, 5) is 2.62. The maximum Gasteiger partial charge on any atom is 0.0237 e. The van der Waals surface area contributed by atoms with Crippen molar-refractivity contribution in [2.75, 3.05) is 13.1 Å². The highest BCUT2D eigenvalue weighted by Gasteiger charge is 2.55. The molecule has 14 heavy (non-hydrogen) atoms. The highest BCUT2D eigenvalue weighted by atomic mass is 15.2. The van der Waals surface area contributed by atoms with Gasteiger partial charge in [-0.2, -0.15) is 0 Å².